The maximum atomic E-state index is 13.8. The Kier molecular flexibility index (Phi) is 5.75. The van der Waals surface area contributed by atoms with E-state index in [2.05, 4.69) is 24.3 Å². The van der Waals surface area contributed by atoms with E-state index >= 15 is 0 Å². The molecule has 186 valence electrons. The van der Waals surface area contributed by atoms with Gasteiger partial charge in [-0.3, -0.25) is 4.79 Å². The first kappa shape index (κ1) is 23.4. The number of carbonyl (C=O) groups excluding carboxylic acids is 2. The second kappa shape index (κ2) is 9.11. The Bertz CT molecular complexity index is 1400. The monoisotopic (exact) mass is 498 g/mol. The number of Topliss-reactive ketones (excluding diaryl/α,β-unsaturated/α-hetero) is 1. The van der Waals surface area contributed by atoms with Gasteiger partial charge in [0.25, 0.3) is 0 Å². The molecule has 2 bridgehead atoms. The molecule has 6 rings (SSSR count). The van der Waals surface area contributed by atoms with Gasteiger partial charge in [-0.05, 0) is 60.1 Å². The molecule has 1 amide bonds. The van der Waals surface area contributed by atoms with Crippen molar-refractivity contribution in [1.82, 2.24) is 4.90 Å². The average Bonchev–Trinajstić information content (AvgIpc) is 3.38. The van der Waals surface area contributed by atoms with E-state index in [9.17, 15) is 23.6 Å². The number of halogens is 2. The fraction of sp³-hybridized carbons (Fsp3) is 0.300. The largest absolute Gasteiger partial charge is 0.448 e. The summed E-state index contributed by atoms with van der Waals surface area (Å²) in [7, 11) is 0. The Balaban J connectivity index is 1.16. The minimum Gasteiger partial charge on any atom is -0.448 e. The number of rotatable bonds is 4. The van der Waals surface area contributed by atoms with Crippen LogP contribution in [0.5, 0.6) is 0 Å². The lowest BCUT2D eigenvalue weighted by Gasteiger charge is -2.37. The maximum absolute atomic E-state index is 13.8. The number of carbonyl (C=O) groups is 2. The molecule has 37 heavy (non-hydrogen) atoms. The van der Waals surface area contributed by atoms with E-state index in [1.54, 1.807) is 11.0 Å². The highest BCUT2D eigenvalue weighted by molar-refractivity contribution is 6.00. The molecule has 3 aromatic rings. The van der Waals surface area contributed by atoms with Gasteiger partial charge in [0.05, 0.1) is 11.6 Å². The van der Waals surface area contributed by atoms with E-state index in [1.165, 1.54) is 0 Å². The van der Waals surface area contributed by atoms with Crippen molar-refractivity contribution in [2.24, 2.45) is 5.92 Å². The number of hydrogen-bond donors (Lipinski definition) is 0. The number of ether oxygens (including phenoxy) is 1. The quantitative estimate of drug-likeness (QED) is 0.401. The lowest BCUT2D eigenvalue weighted by atomic mass is 9.83. The summed E-state index contributed by atoms with van der Waals surface area (Å²) in [6, 6.07) is 19.4. The Hall–Kier alpha value is -4.05. The van der Waals surface area contributed by atoms with Crippen LogP contribution >= 0.6 is 0 Å². The second-order valence-corrected chi connectivity index (χ2v) is 10.1. The molecule has 0 aromatic heterocycles. The van der Waals surface area contributed by atoms with Gasteiger partial charge in [0.15, 0.2) is 17.4 Å². The van der Waals surface area contributed by atoms with Crippen molar-refractivity contribution in [3.05, 3.63) is 94.6 Å². The highest BCUT2D eigenvalue weighted by Crippen LogP contribution is 2.45. The molecule has 1 aliphatic carbocycles. The molecule has 3 aromatic carbocycles. The van der Waals surface area contributed by atoms with Gasteiger partial charge in [-0.2, -0.15) is 5.26 Å². The van der Waals surface area contributed by atoms with E-state index in [-0.39, 0.29) is 47.6 Å². The third-order valence-corrected chi connectivity index (χ3v) is 8.10. The van der Waals surface area contributed by atoms with E-state index in [0.717, 1.165) is 47.2 Å². The van der Waals surface area contributed by atoms with Crippen LogP contribution in [0.25, 0.3) is 11.1 Å². The molecule has 2 aliphatic heterocycles. The average molecular weight is 499 g/mol. The molecule has 2 fully saturated rings. The Morgan fingerprint density at radius 2 is 1.49 bits per heavy atom. The van der Waals surface area contributed by atoms with Gasteiger partial charge >= 0.3 is 6.09 Å². The molecule has 7 heteroatoms. The first-order valence-electron chi connectivity index (χ1n) is 12.5. The van der Waals surface area contributed by atoms with Crippen molar-refractivity contribution in [1.29, 1.82) is 5.26 Å². The van der Waals surface area contributed by atoms with Crippen LogP contribution in [0.2, 0.25) is 0 Å². The fourth-order valence-electron chi connectivity index (χ4n) is 6.42. The van der Waals surface area contributed by atoms with Crippen LogP contribution in [-0.2, 0) is 4.74 Å². The van der Waals surface area contributed by atoms with E-state index < -0.39 is 17.6 Å². The second-order valence-electron chi connectivity index (χ2n) is 10.1. The lowest BCUT2D eigenvalue weighted by molar-refractivity contribution is 0.0505. The van der Waals surface area contributed by atoms with Crippen molar-refractivity contribution in [3.63, 3.8) is 0 Å². The summed E-state index contributed by atoms with van der Waals surface area (Å²) in [5.74, 6) is -3.18. The molecule has 0 spiro atoms. The zero-order chi connectivity index (χ0) is 25.7. The molecule has 3 aliphatic rings. The summed E-state index contributed by atoms with van der Waals surface area (Å²) in [4.78, 5) is 28.2. The zero-order valence-corrected chi connectivity index (χ0v) is 20.0. The number of ketones is 1. The summed E-state index contributed by atoms with van der Waals surface area (Å²) < 4.78 is 33.3. The predicted molar refractivity (Wildman–Crippen MR) is 132 cm³/mol. The van der Waals surface area contributed by atoms with Crippen LogP contribution in [0, 0.1) is 28.9 Å². The molecule has 5 nitrogen and oxygen atoms in total. The van der Waals surface area contributed by atoms with Crippen LogP contribution in [-0.4, -0.2) is 35.5 Å². The minimum absolute atomic E-state index is 0.0362. The van der Waals surface area contributed by atoms with E-state index in [1.807, 2.05) is 24.3 Å². The number of fused-ring (bicyclic) bond motifs is 5. The minimum atomic E-state index is -1.15. The Morgan fingerprint density at radius 3 is 2.08 bits per heavy atom. The number of nitriles is 1. The Morgan fingerprint density at radius 1 is 0.919 bits per heavy atom. The van der Waals surface area contributed by atoms with Gasteiger partial charge in [-0.15, -0.1) is 0 Å². The number of piperidine rings is 1. The molecule has 2 unspecified atom stereocenters. The van der Waals surface area contributed by atoms with Gasteiger partial charge in [0.1, 0.15) is 6.61 Å². The molecule has 2 atom stereocenters. The number of hydrogen-bond acceptors (Lipinski definition) is 4. The molecule has 0 radical (unpaired) electrons. The summed E-state index contributed by atoms with van der Waals surface area (Å²) in [6.07, 6.45) is 1.93. The summed E-state index contributed by atoms with van der Waals surface area (Å²) in [6.45, 7) is 0.228. The smallest absolute Gasteiger partial charge is 0.410 e. The zero-order valence-electron chi connectivity index (χ0n) is 20.0. The van der Waals surface area contributed by atoms with Crippen molar-refractivity contribution >= 4 is 11.9 Å². The normalized spacial score (nSPS) is 21.8. The predicted octanol–water partition coefficient (Wildman–Crippen LogP) is 6.21. The summed E-state index contributed by atoms with van der Waals surface area (Å²) in [5.41, 5.74) is 4.34. The van der Waals surface area contributed by atoms with E-state index in [0.29, 0.717) is 12.8 Å². The van der Waals surface area contributed by atoms with E-state index in [4.69, 9.17) is 4.74 Å². The topological polar surface area (TPSA) is 70.4 Å². The molecule has 2 saturated heterocycles. The SMILES string of the molecule is N#Cc1cc(F)c(F)cc1C(=O)C1CC2CCC(C1)N2C(=O)OCC1c2ccccc2-c2ccccc21. The van der Waals surface area contributed by atoms with Gasteiger partial charge in [-0.1, -0.05) is 48.5 Å². The molecule has 2 heterocycles. The van der Waals surface area contributed by atoms with Gasteiger partial charge in [0, 0.05) is 29.5 Å². The van der Waals surface area contributed by atoms with Crippen molar-refractivity contribution in [3.8, 4) is 17.2 Å². The van der Waals surface area contributed by atoms with Gasteiger partial charge < -0.3 is 9.64 Å². The first-order valence-corrected chi connectivity index (χ1v) is 12.5. The first-order chi connectivity index (χ1) is 18.0. The summed E-state index contributed by atoms with van der Waals surface area (Å²) >= 11 is 0. The van der Waals surface area contributed by atoms with Crippen LogP contribution in [0.3, 0.4) is 0 Å². The number of benzene rings is 3. The van der Waals surface area contributed by atoms with Crippen LogP contribution in [0.4, 0.5) is 13.6 Å². The van der Waals surface area contributed by atoms with Crippen molar-refractivity contribution in [2.45, 2.75) is 43.7 Å². The van der Waals surface area contributed by atoms with Crippen molar-refractivity contribution < 1.29 is 23.1 Å². The standard InChI is InChI=1S/C30H24F2N2O3/c31-27-13-18(15-33)25(14-28(27)32)29(35)17-11-19-9-10-20(12-17)34(19)30(36)37-16-26-23-7-3-1-5-21(23)22-6-2-4-8-24(22)26/h1-8,13-14,17,19-20,26H,9-12,16H2. The van der Waals surface area contributed by atoms with Gasteiger partial charge in [0.2, 0.25) is 0 Å². The molecule has 0 saturated carbocycles. The highest BCUT2D eigenvalue weighted by Gasteiger charge is 2.46. The van der Waals surface area contributed by atoms with Crippen molar-refractivity contribution in [2.75, 3.05) is 6.61 Å². The van der Waals surface area contributed by atoms with Gasteiger partial charge in [-0.25, -0.2) is 13.6 Å². The fourth-order valence-corrected chi connectivity index (χ4v) is 6.42. The third-order valence-electron chi connectivity index (χ3n) is 8.10. The number of nitrogens with zero attached hydrogens (tertiary/aromatic N) is 2. The summed E-state index contributed by atoms with van der Waals surface area (Å²) in [5, 5.41) is 9.32. The van der Waals surface area contributed by atoms with Crippen LogP contribution in [0.1, 0.15) is 58.6 Å². The molecule has 0 N–H and O–H groups in total. The maximum Gasteiger partial charge on any atom is 0.410 e. The highest BCUT2D eigenvalue weighted by atomic mass is 19.2. The Labute approximate surface area is 213 Å². The number of amides is 1. The molecular weight excluding hydrogens is 474 g/mol. The molecular formula is C30H24F2N2O3. The lowest BCUT2D eigenvalue weighted by Crippen LogP contribution is -2.48. The van der Waals surface area contributed by atoms with Crippen LogP contribution < -0.4 is 0 Å². The van der Waals surface area contributed by atoms with Crippen LogP contribution in [0.15, 0.2) is 60.7 Å². The third kappa shape index (κ3) is 3.88.